The van der Waals surface area contributed by atoms with Gasteiger partial charge in [-0.25, -0.2) is 8.42 Å². The van der Waals surface area contributed by atoms with Gasteiger partial charge in [0.25, 0.3) is 0 Å². The second-order valence-electron chi connectivity index (χ2n) is 18.2. The van der Waals surface area contributed by atoms with Crippen molar-refractivity contribution < 1.29 is 22.7 Å². The minimum atomic E-state index is -1.26. The second kappa shape index (κ2) is 17.2. The van der Waals surface area contributed by atoms with Crippen LogP contribution in [0, 0.1) is 34.5 Å². The van der Waals surface area contributed by atoms with Crippen molar-refractivity contribution in [2.45, 2.75) is 129 Å². The van der Waals surface area contributed by atoms with Gasteiger partial charge in [-0.1, -0.05) is 71.7 Å². The number of fused-ring (bicyclic) bond motifs is 2. The van der Waals surface area contributed by atoms with Crippen molar-refractivity contribution >= 4 is 65.3 Å². The van der Waals surface area contributed by atoms with Gasteiger partial charge in [-0.2, -0.15) is 4.40 Å². The molecule has 296 valence electrons. The topological polar surface area (TPSA) is 108 Å². The first kappa shape index (κ1) is 44.6. The molecule has 7 nitrogen and oxygen atoms in total. The van der Waals surface area contributed by atoms with Gasteiger partial charge in [-0.05, 0) is 139 Å². The maximum absolute atomic E-state index is 13.0. The molecule has 0 aliphatic heterocycles. The summed E-state index contributed by atoms with van der Waals surface area (Å²) in [5.74, 6) is 2.13. The summed E-state index contributed by atoms with van der Waals surface area (Å²) in [6, 6.07) is 12.6. The molecule has 0 heterocycles. The molecule has 11 heteroatoms. The Morgan fingerprint density at radius 2 is 1.08 bits per heavy atom. The number of hydrogen-bond donors (Lipinski definition) is 1. The second-order valence-corrected chi connectivity index (χ2v) is 23.7. The van der Waals surface area contributed by atoms with Crippen LogP contribution in [0.1, 0.15) is 122 Å². The van der Waals surface area contributed by atoms with Gasteiger partial charge in [0.2, 0.25) is 0 Å². The van der Waals surface area contributed by atoms with Crippen LogP contribution >= 0.6 is 31.9 Å². The van der Waals surface area contributed by atoms with E-state index in [4.69, 9.17) is 19.0 Å². The van der Waals surface area contributed by atoms with Crippen molar-refractivity contribution in [3.63, 3.8) is 0 Å². The number of benzene rings is 2. The summed E-state index contributed by atoms with van der Waals surface area (Å²) >= 11 is 7.08. The van der Waals surface area contributed by atoms with Crippen molar-refractivity contribution in [3.05, 3.63) is 67.6 Å². The molecule has 2 fully saturated rings. The van der Waals surface area contributed by atoms with E-state index in [0.717, 1.165) is 58.7 Å². The lowest BCUT2D eigenvalue weighted by atomic mass is 9.63. The monoisotopic (exact) mass is 896 g/mol. The van der Waals surface area contributed by atoms with Gasteiger partial charge < -0.3 is 9.47 Å². The fourth-order valence-electron chi connectivity index (χ4n) is 9.48. The third kappa shape index (κ3) is 9.90. The molecule has 2 aromatic rings. The van der Waals surface area contributed by atoms with Crippen molar-refractivity contribution in [1.29, 1.82) is 0 Å². The first-order valence-corrected chi connectivity index (χ1v) is 22.7. The van der Waals surface area contributed by atoms with E-state index in [0.29, 0.717) is 29.5 Å². The quantitative estimate of drug-likeness (QED) is 0.330. The Labute approximate surface area is 341 Å². The Bertz CT molecular complexity index is 1710. The summed E-state index contributed by atoms with van der Waals surface area (Å²) in [6.07, 6.45) is 6.40. The smallest absolute Gasteiger partial charge is 0.169 e. The van der Waals surface area contributed by atoms with E-state index in [9.17, 15) is 13.2 Å². The molecular weight excluding hydrogens is 836 g/mol. The Morgan fingerprint density at radius 3 is 1.47 bits per heavy atom. The molecule has 0 bridgehead atoms. The van der Waals surface area contributed by atoms with Crippen LogP contribution in [0.3, 0.4) is 0 Å². The Kier molecular flexibility index (Phi) is 14.5. The number of carbonyl (C=O) groups is 1. The molecule has 2 spiro atoms. The van der Waals surface area contributed by atoms with Crippen LogP contribution in [0.2, 0.25) is 0 Å². The molecule has 0 radical (unpaired) electrons. The third-order valence-corrected chi connectivity index (χ3v) is 15.2. The number of ether oxygens (including phenoxy) is 2. The van der Waals surface area contributed by atoms with Crippen LogP contribution in [0.15, 0.2) is 49.7 Å². The van der Waals surface area contributed by atoms with E-state index < -0.39 is 22.0 Å². The summed E-state index contributed by atoms with van der Waals surface area (Å²) in [5.41, 5.74) is 5.48. The highest BCUT2D eigenvalue weighted by Crippen LogP contribution is 2.53. The van der Waals surface area contributed by atoms with E-state index in [-0.39, 0.29) is 32.5 Å². The van der Waals surface area contributed by atoms with Crippen LogP contribution in [-0.4, -0.2) is 55.8 Å². The lowest BCUT2D eigenvalue weighted by molar-refractivity contribution is -0.0426. The maximum Gasteiger partial charge on any atom is 0.169 e. The Balaban J connectivity index is 0.000000205. The molecule has 53 heavy (non-hydrogen) atoms. The molecule has 0 aromatic heterocycles. The number of halogens is 2. The molecule has 2 aromatic carbocycles. The standard InChI is InChI=1S/C21H30BrNO2S.C17H21BrO2.C4H11NOS/c1-13-10-21(11-14(2)18(13)25-6)12-15-7-8-16(22)9-17(15)19(21)23-26(24)20(3,4)5;1-10-7-17(8-11(2)15(10)20-3)9-12-4-5-13(18)6-14(12)16(17)19;1-4(2,3)7(5)6/h7-9,13-14,18H,10-12H2,1-6H3;4-6,10-11,15H,7-9H2,1-3H3;5H2,1-3H3/t13-,14+,18?,21?,26-;10-,11+,15?,17?;7-/m0.0/s1. The van der Waals surface area contributed by atoms with Gasteiger partial charge in [0.05, 0.1) is 38.4 Å². The van der Waals surface area contributed by atoms with Crippen molar-refractivity contribution in [3.8, 4) is 0 Å². The van der Waals surface area contributed by atoms with Gasteiger partial charge in [0.15, 0.2) is 5.78 Å². The lowest BCUT2D eigenvalue weighted by Crippen LogP contribution is -2.45. The Morgan fingerprint density at radius 1 is 0.698 bits per heavy atom. The number of rotatable bonds is 3. The third-order valence-electron chi connectivity index (χ3n) is 11.6. The highest BCUT2D eigenvalue weighted by Gasteiger charge is 2.52. The largest absolute Gasteiger partial charge is 0.381 e. The highest BCUT2D eigenvalue weighted by molar-refractivity contribution is 9.10. The molecule has 2 N–H and O–H groups in total. The maximum atomic E-state index is 13.0. The molecule has 4 aliphatic rings. The van der Waals surface area contributed by atoms with Gasteiger partial charge in [-0.15, -0.1) is 0 Å². The normalized spacial score (nSPS) is 32.7. The number of ketones is 1. The van der Waals surface area contributed by atoms with Gasteiger partial charge in [-0.3, -0.25) is 9.93 Å². The summed E-state index contributed by atoms with van der Waals surface area (Å²) in [7, 11) is 1.17. The molecular formula is C42H62Br2N2O5S2. The molecule has 4 unspecified atom stereocenters. The van der Waals surface area contributed by atoms with E-state index in [1.165, 1.54) is 16.7 Å². The molecule has 4 aliphatic carbocycles. The minimum Gasteiger partial charge on any atom is -0.381 e. The number of Topliss-reactive ketones (excluding diaryl/α,β-unsaturated/α-hetero) is 1. The number of hydrogen-bond acceptors (Lipinski definition) is 5. The van der Waals surface area contributed by atoms with E-state index >= 15 is 0 Å². The molecule has 6 rings (SSSR count). The first-order chi connectivity index (χ1) is 24.5. The fraction of sp³-hybridized carbons (Fsp3) is 0.667. The van der Waals surface area contributed by atoms with Gasteiger partial charge in [0.1, 0.15) is 11.0 Å². The Hall–Kier alpha value is -1.08. The highest BCUT2D eigenvalue weighted by atomic mass is 79.9. The van der Waals surface area contributed by atoms with Crippen molar-refractivity contribution in [2.75, 3.05) is 14.2 Å². The summed E-state index contributed by atoms with van der Waals surface area (Å²) in [6.45, 7) is 20.5. The van der Waals surface area contributed by atoms with E-state index in [1.54, 1.807) is 7.11 Å². The molecule has 0 saturated heterocycles. The fourth-order valence-corrected chi connectivity index (χ4v) is 10.9. The van der Waals surface area contributed by atoms with Gasteiger partial charge in [0, 0.05) is 45.1 Å². The number of nitrogens with two attached hydrogens (primary N) is 1. The van der Waals surface area contributed by atoms with E-state index in [1.807, 2.05) is 60.8 Å². The molecule has 0 amide bonds. The average Bonchev–Trinajstić information content (AvgIpc) is 3.45. The van der Waals surface area contributed by atoms with Crippen molar-refractivity contribution in [1.82, 2.24) is 0 Å². The van der Waals surface area contributed by atoms with Crippen LogP contribution in [0.25, 0.3) is 0 Å². The summed E-state index contributed by atoms with van der Waals surface area (Å²) < 4.78 is 41.0. The predicted octanol–water partition coefficient (Wildman–Crippen LogP) is 9.99. The van der Waals surface area contributed by atoms with E-state index in [2.05, 4.69) is 83.8 Å². The van der Waals surface area contributed by atoms with Gasteiger partial charge >= 0.3 is 0 Å². The molecule has 10 atom stereocenters. The zero-order chi connectivity index (χ0) is 39.8. The SMILES string of the molecule is CC(C)(C)[S@@](N)=O.COC1[C@H](C)CC2(Cc3ccc(Br)cc3C2=N[S@@](=O)C(C)(C)C)C[C@@H]1C.COC1[C@H](C)CC2(Cc3ccc(Br)cc3C2=O)C[C@@H]1C. The summed E-state index contributed by atoms with van der Waals surface area (Å²) in [5, 5.41) is 5.04. The van der Waals surface area contributed by atoms with Crippen LogP contribution < -0.4 is 5.14 Å². The van der Waals surface area contributed by atoms with Crippen LogP contribution in [-0.2, 0) is 44.3 Å². The summed E-state index contributed by atoms with van der Waals surface area (Å²) in [4.78, 5) is 13.0. The van der Waals surface area contributed by atoms with Crippen LogP contribution in [0.4, 0.5) is 0 Å². The predicted molar refractivity (Wildman–Crippen MR) is 228 cm³/mol. The lowest BCUT2D eigenvalue weighted by Gasteiger charge is -2.45. The first-order valence-electron chi connectivity index (χ1n) is 18.8. The average molecular weight is 899 g/mol. The van der Waals surface area contributed by atoms with Crippen molar-refractivity contribution in [2.24, 2.45) is 44.0 Å². The minimum absolute atomic E-state index is 0.0299. The van der Waals surface area contributed by atoms with Crippen LogP contribution in [0.5, 0.6) is 0 Å². The zero-order valence-electron chi connectivity index (χ0n) is 33.8. The number of methoxy groups -OCH3 is 2. The number of nitrogens with zero attached hydrogens (tertiary/aromatic N) is 1. The zero-order valence-corrected chi connectivity index (χ0v) is 38.6. The molecule has 2 saturated carbocycles. The number of carbonyl (C=O) groups excluding carboxylic acids is 1.